The third kappa shape index (κ3) is 2.60. The number of ether oxygens (including phenoxy) is 1. The molecule has 0 aliphatic carbocycles. The Bertz CT molecular complexity index is 1110. The van der Waals surface area contributed by atoms with Gasteiger partial charge in [-0.25, -0.2) is 0 Å². The number of fused-ring (bicyclic) bond motifs is 3. The van der Waals surface area contributed by atoms with Gasteiger partial charge >= 0.3 is 0 Å². The third-order valence-electron chi connectivity index (χ3n) is 5.16. The van der Waals surface area contributed by atoms with Crippen molar-refractivity contribution >= 4 is 32.8 Å². The van der Waals surface area contributed by atoms with E-state index < -0.39 is 5.60 Å². The van der Waals surface area contributed by atoms with Gasteiger partial charge in [0.2, 0.25) is 0 Å². The predicted molar refractivity (Wildman–Crippen MR) is 115 cm³/mol. The van der Waals surface area contributed by atoms with E-state index in [4.69, 9.17) is 4.74 Å². The van der Waals surface area contributed by atoms with Crippen LogP contribution in [-0.4, -0.2) is 0 Å². The Morgan fingerprint density at radius 2 is 1.22 bits per heavy atom. The molecule has 0 bridgehead atoms. The fourth-order valence-corrected chi connectivity index (χ4v) is 4.40. The van der Waals surface area contributed by atoms with E-state index in [0.29, 0.717) is 0 Å². The quantitative estimate of drug-likeness (QED) is 0.346. The Labute approximate surface area is 167 Å². The molecule has 0 amide bonds. The number of hydrogen-bond donors (Lipinski definition) is 0. The van der Waals surface area contributed by atoms with Crippen molar-refractivity contribution in [2.75, 3.05) is 0 Å². The minimum absolute atomic E-state index is 0.641. The summed E-state index contributed by atoms with van der Waals surface area (Å²) in [6, 6.07) is 31.3. The molecule has 2 heteroatoms. The average Bonchev–Trinajstić information content (AvgIpc) is 2.75. The summed E-state index contributed by atoms with van der Waals surface area (Å²) in [5, 5.41) is 2.38. The molecule has 27 heavy (non-hydrogen) atoms. The topological polar surface area (TPSA) is 9.23 Å². The minimum Gasteiger partial charge on any atom is -0.473 e. The summed E-state index contributed by atoms with van der Waals surface area (Å²) < 4.78 is 7.81. The number of rotatable bonds is 2. The molecule has 4 aromatic carbocycles. The van der Waals surface area contributed by atoms with Gasteiger partial charge in [0.25, 0.3) is 0 Å². The fraction of sp³-hybridized carbons (Fsp3) is 0.0400. The molecule has 130 valence electrons. The molecular formula is C25H17BrO. The molecule has 0 N–H and O–H groups in total. The van der Waals surface area contributed by atoms with E-state index >= 15 is 0 Å². The monoisotopic (exact) mass is 412 g/mol. The molecule has 0 saturated heterocycles. The Balaban J connectivity index is 1.77. The minimum atomic E-state index is -0.641. The van der Waals surface area contributed by atoms with Crippen LogP contribution < -0.4 is 4.74 Å². The third-order valence-corrected chi connectivity index (χ3v) is 5.81. The van der Waals surface area contributed by atoms with Gasteiger partial charge in [0, 0.05) is 21.2 Å². The van der Waals surface area contributed by atoms with Crippen molar-refractivity contribution in [2.24, 2.45) is 0 Å². The molecule has 0 atom stereocenters. The van der Waals surface area contributed by atoms with Crippen LogP contribution in [0.15, 0.2) is 102 Å². The van der Waals surface area contributed by atoms with Crippen LogP contribution in [0.1, 0.15) is 16.7 Å². The van der Waals surface area contributed by atoms with Crippen LogP contribution in [0.3, 0.4) is 0 Å². The van der Waals surface area contributed by atoms with E-state index in [1.54, 1.807) is 0 Å². The molecule has 0 saturated carbocycles. The molecule has 0 unspecified atom stereocenters. The standard InChI is InChI=1S/C25H17BrO/c26-23-17-24-22(20-13-7-8-14-21(20)23)15-16-25(27-24,18-9-3-1-4-10-18)19-11-5-2-6-12-19/h1-17H. The van der Waals surface area contributed by atoms with Gasteiger partial charge in [-0.3, -0.25) is 0 Å². The first-order chi connectivity index (χ1) is 13.3. The lowest BCUT2D eigenvalue weighted by Crippen LogP contribution is -2.34. The summed E-state index contributed by atoms with van der Waals surface area (Å²) in [4.78, 5) is 0. The zero-order valence-corrected chi connectivity index (χ0v) is 16.2. The molecule has 1 aliphatic heterocycles. The van der Waals surface area contributed by atoms with Crippen molar-refractivity contribution in [1.82, 2.24) is 0 Å². The summed E-state index contributed by atoms with van der Waals surface area (Å²) >= 11 is 3.72. The molecule has 1 heterocycles. The molecule has 0 fully saturated rings. The van der Waals surface area contributed by atoms with Crippen molar-refractivity contribution in [3.05, 3.63) is 118 Å². The van der Waals surface area contributed by atoms with Gasteiger partial charge in [-0.2, -0.15) is 0 Å². The van der Waals surface area contributed by atoms with Crippen molar-refractivity contribution in [2.45, 2.75) is 5.60 Å². The zero-order chi connectivity index (χ0) is 18.3. The van der Waals surface area contributed by atoms with E-state index in [1.807, 2.05) is 12.1 Å². The molecule has 0 radical (unpaired) electrons. The largest absolute Gasteiger partial charge is 0.473 e. The fourth-order valence-electron chi connectivity index (χ4n) is 3.84. The Morgan fingerprint density at radius 3 is 1.85 bits per heavy atom. The van der Waals surface area contributed by atoms with Crippen LogP contribution in [0, 0.1) is 0 Å². The van der Waals surface area contributed by atoms with Gasteiger partial charge in [-0.05, 0) is 29.0 Å². The van der Waals surface area contributed by atoms with Gasteiger partial charge < -0.3 is 4.74 Å². The second-order valence-corrected chi connectivity index (χ2v) is 7.57. The molecule has 1 nitrogen and oxygen atoms in total. The molecule has 5 rings (SSSR count). The number of benzene rings is 4. The Morgan fingerprint density at radius 1 is 0.667 bits per heavy atom. The van der Waals surface area contributed by atoms with E-state index in [0.717, 1.165) is 26.9 Å². The second kappa shape index (κ2) is 6.40. The predicted octanol–water partition coefficient (Wildman–Crippen LogP) is 6.95. The van der Waals surface area contributed by atoms with Crippen molar-refractivity contribution < 1.29 is 4.74 Å². The van der Waals surface area contributed by atoms with Crippen LogP contribution in [0.2, 0.25) is 0 Å². The van der Waals surface area contributed by atoms with E-state index in [-0.39, 0.29) is 0 Å². The highest BCUT2D eigenvalue weighted by Crippen LogP contribution is 2.45. The first kappa shape index (κ1) is 16.3. The van der Waals surface area contributed by atoms with Gasteiger partial charge in [-0.15, -0.1) is 0 Å². The molecule has 1 aliphatic rings. The number of halogens is 1. The maximum Gasteiger partial charge on any atom is 0.178 e. The van der Waals surface area contributed by atoms with Crippen molar-refractivity contribution in [3.63, 3.8) is 0 Å². The summed E-state index contributed by atoms with van der Waals surface area (Å²) in [6.45, 7) is 0. The van der Waals surface area contributed by atoms with Crippen molar-refractivity contribution in [3.8, 4) is 5.75 Å². The first-order valence-corrected chi connectivity index (χ1v) is 9.78. The number of hydrogen-bond acceptors (Lipinski definition) is 1. The highest BCUT2D eigenvalue weighted by Gasteiger charge is 2.37. The SMILES string of the molecule is Brc1cc2c(c3ccccc13)C=CC(c1ccccc1)(c1ccccc1)O2. The van der Waals surface area contributed by atoms with E-state index in [9.17, 15) is 0 Å². The average molecular weight is 413 g/mol. The smallest absolute Gasteiger partial charge is 0.178 e. The van der Waals surface area contributed by atoms with Gasteiger partial charge in [-0.1, -0.05) is 101 Å². The Kier molecular flexibility index (Phi) is 3.87. The summed E-state index contributed by atoms with van der Waals surface area (Å²) in [7, 11) is 0. The summed E-state index contributed by atoms with van der Waals surface area (Å²) in [5.41, 5.74) is 2.71. The normalized spacial score (nSPS) is 14.6. The van der Waals surface area contributed by atoms with Crippen LogP contribution in [0.5, 0.6) is 5.75 Å². The maximum absolute atomic E-state index is 6.76. The summed E-state index contributed by atoms with van der Waals surface area (Å²) in [6.07, 6.45) is 4.38. The lowest BCUT2D eigenvalue weighted by molar-refractivity contribution is 0.161. The van der Waals surface area contributed by atoms with E-state index in [1.165, 1.54) is 10.8 Å². The zero-order valence-electron chi connectivity index (χ0n) is 14.6. The highest BCUT2D eigenvalue weighted by atomic mass is 79.9. The van der Waals surface area contributed by atoms with Crippen LogP contribution >= 0.6 is 15.9 Å². The molecule has 4 aromatic rings. The van der Waals surface area contributed by atoms with Crippen molar-refractivity contribution in [1.29, 1.82) is 0 Å². The van der Waals surface area contributed by atoms with Gasteiger partial charge in [0.15, 0.2) is 5.60 Å². The molecular weight excluding hydrogens is 396 g/mol. The van der Waals surface area contributed by atoms with Gasteiger partial charge in [0.1, 0.15) is 5.75 Å². The lowest BCUT2D eigenvalue weighted by atomic mass is 9.83. The second-order valence-electron chi connectivity index (χ2n) is 6.72. The van der Waals surface area contributed by atoms with Crippen LogP contribution in [0.25, 0.3) is 16.8 Å². The maximum atomic E-state index is 6.76. The molecule has 0 aromatic heterocycles. The highest BCUT2D eigenvalue weighted by molar-refractivity contribution is 9.10. The van der Waals surface area contributed by atoms with Crippen LogP contribution in [0.4, 0.5) is 0 Å². The van der Waals surface area contributed by atoms with Gasteiger partial charge in [0.05, 0.1) is 0 Å². The Hall–Kier alpha value is -2.84. The first-order valence-electron chi connectivity index (χ1n) is 8.98. The lowest BCUT2D eigenvalue weighted by Gasteiger charge is -2.36. The van der Waals surface area contributed by atoms with Crippen LogP contribution in [-0.2, 0) is 5.60 Å². The summed E-state index contributed by atoms with van der Waals surface area (Å²) in [5.74, 6) is 0.885. The molecule has 0 spiro atoms. The van der Waals surface area contributed by atoms with E-state index in [2.05, 4.69) is 107 Å².